The molecule has 0 saturated carbocycles. The number of nitrogens with two attached hydrogens (primary N) is 2. The Morgan fingerprint density at radius 3 is 1.05 bits per heavy atom. The molecule has 40 heavy (non-hydrogen) atoms. The summed E-state index contributed by atoms with van der Waals surface area (Å²) in [6.07, 6.45) is 26.3. The third-order valence-electron chi connectivity index (χ3n) is 7.81. The van der Waals surface area contributed by atoms with Gasteiger partial charge in [-0.05, 0) is 37.1 Å². The van der Waals surface area contributed by atoms with Gasteiger partial charge in [0.05, 0.1) is 13.2 Å². The fraction of sp³-hybridized carbons (Fsp3) is 0.667. The first kappa shape index (κ1) is 33.8. The summed E-state index contributed by atoms with van der Waals surface area (Å²) in [5.41, 5.74) is 15.7. The lowest BCUT2D eigenvalue weighted by Crippen LogP contribution is -2.03. The molecule has 4 nitrogen and oxygen atoms in total. The van der Waals surface area contributed by atoms with E-state index >= 15 is 0 Å². The Kier molecular flexibility index (Phi) is 18.9. The van der Waals surface area contributed by atoms with Crippen LogP contribution in [-0.4, -0.2) is 13.2 Å². The van der Waals surface area contributed by atoms with Crippen molar-refractivity contribution in [3.8, 4) is 22.6 Å². The van der Waals surface area contributed by atoms with E-state index in [-0.39, 0.29) is 0 Å². The fourth-order valence-corrected chi connectivity index (χ4v) is 5.30. The van der Waals surface area contributed by atoms with E-state index in [1.54, 1.807) is 0 Å². The van der Waals surface area contributed by atoms with E-state index in [9.17, 15) is 0 Å². The van der Waals surface area contributed by atoms with E-state index in [1.165, 1.54) is 116 Å². The maximum atomic E-state index is 6.27. The Balaban J connectivity index is 1.77. The quantitative estimate of drug-likeness (QED) is 0.0949. The van der Waals surface area contributed by atoms with E-state index in [1.807, 2.05) is 36.4 Å². The number of unbranched alkanes of at least 4 members (excludes halogenated alkanes) is 18. The highest BCUT2D eigenvalue weighted by Crippen LogP contribution is 2.39. The second-order valence-electron chi connectivity index (χ2n) is 11.6. The maximum Gasteiger partial charge on any atom is 0.129 e. The van der Waals surface area contributed by atoms with Crippen molar-refractivity contribution in [1.82, 2.24) is 0 Å². The molecule has 0 unspecified atom stereocenters. The van der Waals surface area contributed by atoms with Crippen LogP contribution in [0, 0.1) is 0 Å². The van der Waals surface area contributed by atoms with Crippen LogP contribution in [0.5, 0.6) is 11.5 Å². The van der Waals surface area contributed by atoms with Crippen molar-refractivity contribution < 1.29 is 9.47 Å². The van der Waals surface area contributed by atoms with Gasteiger partial charge in [0.15, 0.2) is 0 Å². The largest absolute Gasteiger partial charge is 0.493 e. The Hall–Kier alpha value is -2.36. The predicted molar refractivity (Wildman–Crippen MR) is 175 cm³/mol. The van der Waals surface area contributed by atoms with Gasteiger partial charge in [-0.25, -0.2) is 0 Å². The second-order valence-corrected chi connectivity index (χ2v) is 11.6. The smallest absolute Gasteiger partial charge is 0.129 e. The Bertz CT molecular complexity index is 825. The molecule has 0 saturated heterocycles. The molecular weight excluding hydrogens is 492 g/mol. The van der Waals surface area contributed by atoms with Gasteiger partial charge in [-0.3, -0.25) is 0 Å². The highest BCUT2D eigenvalue weighted by atomic mass is 16.5. The molecule has 0 aliphatic heterocycles. The molecule has 0 radical (unpaired) electrons. The standard InChI is InChI=1S/C36H60N2O2/c1-3-5-7-9-11-13-15-17-19-21-27-39-35-29-31(37)23-25-33(35)34-26-24-32(38)30-36(34)40-28-22-20-18-16-14-12-10-8-6-4-2/h23-26,29-30H,3-22,27-28,37-38H2,1-2H3. The molecule has 2 aromatic rings. The summed E-state index contributed by atoms with van der Waals surface area (Å²) in [4.78, 5) is 0. The molecule has 0 aliphatic carbocycles. The fourth-order valence-electron chi connectivity index (χ4n) is 5.30. The first-order valence-electron chi connectivity index (χ1n) is 16.7. The molecule has 0 bridgehead atoms. The average Bonchev–Trinajstić information content (AvgIpc) is 2.95. The lowest BCUT2D eigenvalue weighted by Gasteiger charge is -2.17. The summed E-state index contributed by atoms with van der Waals surface area (Å²) in [5, 5.41) is 0. The molecule has 0 fully saturated rings. The van der Waals surface area contributed by atoms with E-state index in [0.29, 0.717) is 24.6 Å². The van der Waals surface area contributed by atoms with Gasteiger partial charge in [-0.1, -0.05) is 129 Å². The van der Waals surface area contributed by atoms with Crippen LogP contribution in [0.4, 0.5) is 11.4 Å². The number of ether oxygens (including phenoxy) is 2. The Labute approximate surface area is 246 Å². The zero-order valence-electron chi connectivity index (χ0n) is 26.0. The summed E-state index contributed by atoms with van der Waals surface area (Å²) in [7, 11) is 0. The third-order valence-corrected chi connectivity index (χ3v) is 7.81. The maximum absolute atomic E-state index is 6.27. The normalized spacial score (nSPS) is 11.2. The second kappa shape index (κ2) is 22.3. The molecule has 0 spiro atoms. The zero-order chi connectivity index (χ0) is 28.7. The van der Waals surface area contributed by atoms with E-state index in [0.717, 1.165) is 35.5 Å². The van der Waals surface area contributed by atoms with Crippen LogP contribution in [0.2, 0.25) is 0 Å². The van der Waals surface area contributed by atoms with Crippen LogP contribution in [-0.2, 0) is 0 Å². The van der Waals surface area contributed by atoms with Gasteiger partial charge < -0.3 is 20.9 Å². The SMILES string of the molecule is CCCCCCCCCCCCOc1cc(N)ccc1-c1ccc(N)cc1OCCCCCCCCCCCC. The molecule has 0 atom stereocenters. The van der Waals surface area contributed by atoms with Crippen molar-refractivity contribution in [3.05, 3.63) is 36.4 Å². The minimum atomic E-state index is 0.705. The van der Waals surface area contributed by atoms with Crippen LogP contribution in [0.15, 0.2) is 36.4 Å². The van der Waals surface area contributed by atoms with Gasteiger partial charge in [-0.2, -0.15) is 0 Å². The summed E-state index contributed by atoms with van der Waals surface area (Å²) in [5.74, 6) is 1.65. The number of hydrogen-bond donors (Lipinski definition) is 2. The summed E-state index contributed by atoms with van der Waals surface area (Å²) in [6.45, 7) is 5.96. The molecule has 2 rings (SSSR count). The van der Waals surface area contributed by atoms with Crippen LogP contribution in [0.3, 0.4) is 0 Å². The highest BCUT2D eigenvalue weighted by molar-refractivity contribution is 5.79. The molecule has 0 aliphatic rings. The lowest BCUT2D eigenvalue weighted by atomic mass is 10.0. The van der Waals surface area contributed by atoms with Crippen molar-refractivity contribution in [2.75, 3.05) is 24.7 Å². The minimum Gasteiger partial charge on any atom is -0.493 e. The van der Waals surface area contributed by atoms with Crippen LogP contribution in [0.25, 0.3) is 11.1 Å². The monoisotopic (exact) mass is 552 g/mol. The summed E-state index contributed by atoms with van der Waals surface area (Å²) < 4.78 is 12.5. The molecule has 0 aromatic heterocycles. The van der Waals surface area contributed by atoms with Gasteiger partial charge in [0.2, 0.25) is 0 Å². The molecular formula is C36H60N2O2. The van der Waals surface area contributed by atoms with Gasteiger partial charge in [0.25, 0.3) is 0 Å². The lowest BCUT2D eigenvalue weighted by molar-refractivity contribution is 0.301. The number of hydrogen-bond acceptors (Lipinski definition) is 4. The topological polar surface area (TPSA) is 70.5 Å². The third kappa shape index (κ3) is 14.9. The number of benzene rings is 2. The van der Waals surface area contributed by atoms with Gasteiger partial charge in [-0.15, -0.1) is 0 Å². The number of rotatable bonds is 25. The Morgan fingerprint density at radius 1 is 0.425 bits per heavy atom. The predicted octanol–water partition coefficient (Wildman–Crippen LogP) is 11.1. The van der Waals surface area contributed by atoms with Crippen molar-refractivity contribution in [2.24, 2.45) is 0 Å². The molecule has 4 heteroatoms. The molecule has 2 aromatic carbocycles. The molecule has 226 valence electrons. The summed E-state index contributed by atoms with van der Waals surface area (Å²) in [6, 6.07) is 11.8. The van der Waals surface area contributed by atoms with Crippen LogP contribution in [0.1, 0.15) is 142 Å². The van der Waals surface area contributed by atoms with E-state index in [4.69, 9.17) is 20.9 Å². The summed E-state index contributed by atoms with van der Waals surface area (Å²) >= 11 is 0. The molecule has 0 heterocycles. The average molecular weight is 553 g/mol. The molecule has 0 amide bonds. The van der Waals surface area contributed by atoms with Crippen molar-refractivity contribution >= 4 is 11.4 Å². The van der Waals surface area contributed by atoms with Crippen LogP contribution < -0.4 is 20.9 Å². The van der Waals surface area contributed by atoms with Gasteiger partial charge in [0, 0.05) is 34.6 Å². The van der Waals surface area contributed by atoms with E-state index in [2.05, 4.69) is 13.8 Å². The van der Waals surface area contributed by atoms with Gasteiger partial charge >= 0.3 is 0 Å². The van der Waals surface area contributed by atoms with Crippen LogP contribution >= 0.6 is 0 Å². The number of nitrogen functional groups attached to an aromatic ring is 2. The number of anilines is 2. The molecule has 4 N–H and O–H groups in total. The Morgan fingerprint density at radius 2 is 0.725 bits per heavy atom. The van der Waals surface area contributed by atoms with Crippen molar-refractivity contribution in [3.63, 3.8) is 0 Å². The van der Waals surface area contributed by atoms with Crippen molar-refractivity contribution in [2.45, 2.75) is 142 Å². The first-order valence-corrected chi connectivity index (χ1v) is 16.7. The first-order chi connectivity index (χ1) is 19.7. The minimum absolute atomic E-state index is 0.705. The highest BCUT2D eigenvalue weighted by Gasteiger charge is 2.13. The zero-order valence-corrected chi connectivity index (χ0v) is 26.0. The van der Waals surface area contributed by atoms with Crippen molar-refractivity contribution in [1.29, 1.82) is 0 Å². The van der Waals surface area contributed by atoms with E-state index < -0.39 is 0 Å². The van der Waals surface area contributed by atoms with Gasteiger partial charge in [0.1, 0.15) is 11.5 Å².